The number of para-hydroxylation sites is 8. The van der Waals surface area contributed by atoms with Crippen LogP contribution in [0.2, 0.25) is 0 Å². The van der Waals surface area contributed by atoms with E-state index < -0.39 is 0 Å². The van der Waals surface area contributed by atoms with Crippen molar-refractivity contribution in [2.24, 2.45) is 9.98 Å². The molecule has 0 saturated carbocycles. The van der Waals surface area contributed by atoms with Crippen molar-refractivity contribution in [2.75, 3.05) is 19.6 Å². The number of nitrogens with zero attached hydrogens (tertiary/aromatic N) is 6. The minimum Gasteiger partial charge on any atom is -0.311 e. The van der Waals surface area contributed by atoms with Gasteiger partial charge in [-0.15, -0.1) is 0 Å². The van der Waals surface area contributed by atoms with Crippen molar-refractivity contribution >= 4 is 91.0 Å². The maximum absolute atomic E-state index is 5.50. The third-order valence-corrected chi connectivity index (χ3v) is 15.0. The largest absolute Gasteiger partial charge is 0.311 e. The minimum absolute atomic E-state index is 0.802. The van der Waals surface area contributed by atoms with Crippen molar-refractivity contribution < 1.29 is 0 Å². The highest BCUT2D eigenvalue weighted by Gasteiger charge is 2.19. The molecule has 0 unspecified atom stereocenters. The van der Waals surface area contributed by atoms with Gasteiger partial charge in [-0.2, -0.15) is 0 Å². The first-order valence-electron chi connectivity index (χ1n) is 29.0. The van der Waals surface area contributed by atoms with Gasteiger partial charge < -0.3 is 19.6 Å². The summed E-state index contributed by atoms with van der Waals surface area (Å²) in [6, 6.07) is 127. The molecule has 0 saturated heterocycles. The molecule has 0 N–H and O–H groups in total. The van der Waals surface area contributed by atoms with Crippen LogP contribution in [0.1, 0.15) is 22.3 Å². The maximum Gasteiger partial charge on any atom is 0.0781 e. The average Bonchev–Trinajstić information content (AvgIpc) is 3.06. The normalized spacial score (nSPS) is 10.8. The molecule has 0 aliphatic heterocycles. The molecular formula is C80H60N6. The van der Waals surface area contributed by atoms with Crippen LogP contribution < -0.4 is 19.6 Å². The van der Waals surface area contributed by atoms with E-state index in [2.05, 4.69) is 384 Å². The lowest BCUT2D eigenvalue weighted by Crippen LogP contribution is -2.11. The fourth-order valence-corrected chi connectivity index (χ4v) is 10.9. The molecule has 0 aliphatic carbocycles. The van der Waals surface area contributed by atoms with Gasteiger partial charge in [0.1, 0.15) is 0 Å². The first-order valence-corrected chi connectivity index (χ1v) is 29.0. The molecule has 0 aromatic heterocycles. The van der Waals surface area contributed by atoms with Crippen molar-refractivity contribution in [3.8, 4) is 0 Å². The number of aliphatic imine (C=N–C) groups is 2. The van der Waals surface area contributed by atoms with Crippen molar-refractivity contribution in [2.45, 2.75) is 0 Å². The van der Waals surface area contributed by atoms with E-state index in [1.807, 2.05) is 0 Å². The summed E-state index contributed by atoms with van der Waals surface area (Å²) >= 11 is 0. The van der Waals surface area contributed by atoms with E-state index >= 15 is 0 Å². The van der Waals surface area contributed by atoms with Crippen LogP contribution in [0, 0.1) is 0 Å². The second-order valence-electron chi connectivity index (χ2n) is 20.7. The van der Waals surface area contributed by atoms with Gasteiger partial charge in [0.05, 0.1) is 22.8 Å². The fraction of sp³-hybridized carbons (Fsp3) is 0. The zero-order valence-electron chi connectivity index (χ0n) is 47.3. The smallest absolute Gasteiger partial charge is 0.0781 e. The molecule has 13 rings (SSSR count). The molecule has 0 atom stereocenters. The molecule has 0 fully saturated rings. The van der Waals surface area contributed by atoms with Gasteiger partial charge in [0, 0.05) is 90.5 Å². The van der Waals surface area contributed by atoms with Gasteiger partial charge in [-0.3, -0.25) is 0 Å². The first-order chi connectivity index (χ1) is 42.7. The number of anilines is 12. The van der Waals surface area contributed by atoms with Gasteiger partial charge in [0.25, 0.3) is 0 Å². The third kappa shape index (κ3) is 12.1. The van der Waals surface area contributed by atoms with Crippen molar-refractivity contribution in [1.82, 2.24) is 0 Å². The zero-order chi connectivity index (χ0) is 57.7. The topological polar surface area (TPSA) is 37.7 Å². The van der Waals surface area contributed by atoms with Crippen LogP contribution in [0.15, 0.2) is 374 Å². The van der Waals surface area contributed by atoms with Crippen molar-refractivity contribution in [1.29, 1.82) is 0 Å². The van der Waals surface area contributed by atoms with E-state index in [-0.39, 0.29) is 0 Å². The Balaban J connectivity index is 0.889. The fourth-order valence-electron chi connectivity index (χ4n) is 10.9. The summed E-state index contributed by atoms with van der Waals surface area (Å²) in [5.41, 5.74) is 20.0. The van der Waals surface area contributed by atoms with E-state index in [9.17, 15) is 0 Å². The Morgan fingerprint density at radius 2 is 0.291 bits per heavy atom. The Labute approximate surface area is 504 Å². The third-order valence-electron chi connectivity index (χ3n) is 15.0. The average molecular weight is 1110 g/mol. The Morgan fingerprint density at radius 1 is 0.151 bits per heavy atom. The minimum atomic E-state index is 0.802. The standard InChI is InChI=1S/C80H60N6/c1-9-25-67(26-10-1)83(68-27-11-2-12-28-68)75-53-41-61(42-54-75)79(62-43-55-76(56-44-62)84(69-29-13-3-14-30-69)70-31-15-4-16-32-70)81-65-49-51-66(52-50-65)82-80(63-45-57-77(58-46-63)85(71-33-17-5-18-34-71)72-35-19-6-20-36-72)64-47-59-78(60-48-64)86(73-37-21-7-22-38-73)74-39-23-8-24-40-74/h1-60H. The van der Waals surface area contributed by atoms with Gasteiger partial charge >= 0.3 is 0 Å². The van der Waals surface area contributed by atoms with Crippen molar-refractivity contribution in [3.05, 3.63) is 386 Å². The lowest BCUT2D eigenvalue weighted by atomic mass is 10.00. The SMILES string of the molecule is c1ccc(N(c2ccccc2)c2ccc(C(=Nc3ccc(N=C(c4ccc(N(c5ccccc5)c5ccccc5)cc4)c4ccc(N(c5ccccc5)c5ccccc5)cc4)cc3)c3ccc(N(c4ccccc4)c4ccccc4)cc3)cc2)cc1. The van der Waals surface area contributed by atoms with Crippen molar-refractivity contribution in [3.63, 3.8) is 0 Å². The van der Waals surface area contributed by atoms with Gasteiger partial charge in [0.2, 0.25) is 0 Å². The van der Waals surface area contributed by atoms with Crippen LogP contribution in [0.25, 0.3) is 0 Å². The molecule has 410 valence electrons. The summed E-state index contributed by atoms with van der Waals surface area (Å²) in [6.07, 6.45) is 0. The molecule has 0 radical (unpaired) electrons. The molecule has 6 heteroatoms. The van der Waals surface area contributed by atoms with Gasteiger partial charge in [0.15, 0.2) is 0 Å². The second-order valence-corrected chi connectivity index (χ2v) is 20.7. The molecule has 0 spiro atoms. The molecule has 6 nitrogen and oxygen atoms in total. The van der Waals surface area contributed by atoms with E-state index in [0.29, 0.717) is 0 Å². The molecule has 13 aromatic rings. The number of hydrogen-bond acceptors (Lipinski definition) is 6. The number of rotatable bonds is 18. The summed E-state index contributed by atoms with van der Waals surface area (Å²) in [7, 11) is 0. The Hall–Kier alpha value is -11.6. The summed E-state index contributed by atoms with van der Waals surface area (Å²) in [4.78, 5) is 20.1. The van der Waals surface area contributed by atoms with Crippen LogP contribution in [-0.4, -0.2) is 11.4 Å². The first kappa shape index (κ1) is 53.7. The van der Waals surface area contributed by atoms with Gasteiger partial charge in [-0.25, -0.2) is 9.98 Å². The summed E-state index contributed by atoms with van der Waals surface area (Å²) in [5.74, 6) is 0. The number of hydrogen-bond donors (Lipinski definition) is 0. The molecular weight excluding hydrogens is 1040 g/mol. The second kappa shape index (κ2) is 25.7. The predicted molar refractivity (Wildman–Crippen MR) is 362 cm³/mol. The monoisotopic (exact) mass is 1100 g/mol. The van der Waals surface area contributed by atoms with Crippen LogP contribution in [0.3, 0.4) is 0 Å². The maximum atomic E-state index is 5.50. The van der Waals surface area contributed by atoms with E-state index in [1.54, 1.807) is 0 Å². The Morgan fingerprint density at radius 3 is 0.442 bits per heavy atom. The van der Waals surface area contributed by atoms with E-state index in [4.69, 9.17) is 9.98 Å². The highest BCUT2D eigenvalue weighted by molar-refractivity contribution is 6.15. The quantitative estimate of drug-likeness (QED) is 0.0803. The van der Waals surface area contributed by atoms with E-state index in [0.717, 1.165) is 113 Å². The van der Waals surface area contributed by atoms with Gasteiger partial charge in [-0.1, -0.05) is 194 Å². The summed E-state index contributed by atoms with van der Waals surface area (Å²) in [6.45, 7) is 0. The summed E-state index contributed by atoms with van der Waals surface area (Å²) in [5, 5.41) is 0. The zero-order valence-corrected chi connectivity index (χ0v) is 47.3. The molecule has 0 heterocycles. The Kier molecular flexibility index (Phi) is 16.0. The molecule has 13 aromatic carbocycles. The summed E-state index contributed by atoms with van der Waals surface area (Å²) < 4.78 is 0. The highest BCUT2D eigenvalue weighted by Crippen LogP contribution is 2.40. The lowest BCUT2D eigenvalue weighted by molar-refractivity contribution is 1.28. The van der Waals surface area contributed by atoms with Crippen LogP contribution in [0.5, 0.6) is 0 Å². The molecule has 0 bridgehead atoms. The molecule has 0 amide bonds. The highest BCUT2D eigenvalue weighted by atomic mass is 15.2. The van der Waals surface area contributed by atoms with Crippen LogP contribution in [-0.2, 0) is 0 Å². The van der Waals surface area contributed by atoms with Crippen LogP contribution in [0.4, 0.5) is 79.6 Å². The predicted octanol–water partition coefficient (Wildman–Crippen LogP) is 21.9. The molecule has 86 heavy (non-hydrogen) atoms. The van der Waals surface area contributed by atoms with Crippen LogP contribution >= 0.6 is 0 Å². The lowest BCUT2D eigenvalue weighted by Gasteiger charge is -2.26. The molecule has 0 aliphatic rings. The number of benzene rings is 13. The van der Waals surface area contributed by atoms with E-state index in [1.165, 1.54) is 0 Å². The Bertz CT molecular complexity index is 3600. The van der Waals surface area contributed by atoms with Gasteiger partial charge in [-0.05, 0) is 170 Å².